The first-order valence-corrected chi connectivity index (χ1v) is 14.6. The van der Waals surface area contributed by atoms with Crippen LogP contribution < -0.4 is 4.90 Å². The molecule has 37 heavy (non-hydrogen) atoms. The SMILES string of the molecule is Cc1ccc2nc(N(CCN(C)C)C(=O)c3ccc(S(=O)(=O)N(CC(C)C)CC(C)C)cc3)sc2c1.Cl. The Bertz CT molecular complexity index is 1280. The Morgan fingerprint density at radius 3 is 2.08 bits per heavy atom. The second-order valence-electron chi connectivity index (χ2n) is 10.4. The van der Waals surface area contributed by atoms with Crippen LogP contribution in [0, 0.1) is 18.8 Å². The van der Waals surface area contributed by atoms with Crippen molar-refractivity contribution in [2.45, 2.75) is 39.5 Å². The average Bonchev–Trinajstić information content (AvgIpc) is 3.20. The van der Waals surface area contributed by atoms with Gasteiger partial charge in [-0.15, -0.1) is 12.4 Å². The van der Waals surface area contributed by atoms with Crippen LogP contribution in [0.1, 0.15) is 43.6 Å². The van der Waals surface area contributed by atoms with Crippen LogP contribution in [0.3, 0.4) is 0 Å². The third kappa shape index (κ3) is 7.97. The molecule has 204 valence electrons. The van der Waals surface area contributed by atoms with Crippen LogP contribution in [0.25, 0.3) is 10.2 Å². The smallest absolute Gasteiger partial charge is 0.260 e. The number of carbonyl (C=O) groups excluding carboxylic acids is 1. The maximum atomic E-state index is 13.6. The predicted octanol–water partition coefficient (Wildman–Crippen LogP) is 5.54. The first-order chi connectivity index (χ1) is 16.9. The number of halogens is 1. The van der Waals surface area contributed by atoms with Gasteiger partial charge in [0.1, 0.15) is 0 Å². The normalized spacial score (nSPS) is 12.1. The molecule has 2 aromatic carbocycles. The van der Waals surface area contributed by atoms with Gasteiger partial charge in [0.2, 0.25) is 10.0 Å². The Balaban J connectivity index is 0.00000481. The summed E-state index contributed by atoms with van der Waals surface area (Å²) in [4.78, 5) is 22.2. The number of amides is 1. The van der Waals surface area contributed by atoms with Gasteiger partial charge in [0.15, 0.2) is 5.13 Å². The number of hydrogen-bond acceptors (Lipinski definition) is 6. The molecule has 0 fully saturated rings. The van der Waals surface area contributed by atoms with E-state index in [1.165, 1.54) is 11.3 Å². The van der Waals surface area contributed by atoms with Gasteiger partial charge in [-0.05, 0) is 74.8 Å². The monoisotopic (exact) mass is 566 g/mol. The van der Waals surface area contributed by atoms with E-state index in [-0.39, 0.29) is 35.0 Å². The molecule has 0 aliphatic rings. The topological polar surface area (TPSA) is 73.8 Å². The molecule has 0 radical (unpaired) electrons. The van der Waals surface area contributed by atoms with Gasteiger partial charge in [-0.25, -0.2) is 13.4 Å². The molecule has 1 amide bonds. The molecular weight excluding hydrogens is 528 g/mol. The molecule has 0 aliphatic heterocycles. The number of nitrogens with zero attached hydrogens (tertiary/aromatic N) is 4. The van der Waals surface area contributed by atoms with Crippen molar-refractivity contribution in [2.24, 2.45) is 11.8 Å². The zero-order valence-corrected chi connectivity index (χ0v) is 25.2. The Hall–Kier alpha value is -2.04. The van der Waals surface area contributed by atoms with Crippen LogP contribution in [0.5, 0.6) is 0 Å². The number of hydrogen-bond donors (Lipinski definition) is 0. The van der Waals surface area contributed by atoms with E-state index in [1.807, 2.05) is 65.7 Å². The van der Waals surface area contributed by atoms with E-state index in [4.69, 9.17) is 4.98 Å². The lowest BCUT2D eigenvalue weighted by atomic mass is 10.2. The highest BCUT2D eigenvalue weighted by atomic mass is 35.5. The van der Waals surface area contributed by atoms with E-state index in [9.17, 15) is 13.2 Å². The van der Waals surface area contributed by atoms with Crippen molar-refractivity contribution < 1.29 is 13.2 Å². The second kappa shape index (κ2) is 13.2. The number of carbonyl (C=O) groups is 1. The van der Waals surface area contributed by atoms with E-state index < -0.39 is 10.0 Å². The number of likely N-dealkylation sites (N-methyl/N-ethyl adjacent to an activating group) is 1. The number of benzene rings is 2. The summed E-state index contributed by atoms with van der Waals surface area (Å²) in [5.74, 6) is 0.224. The summed E-state index contributed by atoms with van der Waals surface area (Å²) in [6, 6.07) is 12.4. The molecular formula is C27H39ClN4O3S2. The molecule has 0 saturated carbocycles. The highest BCUT2D eigenvalue weighted by molar-refractivity contribution is 7.89. The van der Waals surface area contributed by atoms with Crippen LogP contribution in [-0.4, -0.2) is 68.8 Å². The average molecular weight is 567 g/mol. The summed E-state index contributed by atoms with van der Waals surface area (Å²) >= 11 is 1.49. The first-order valence-electron chi connectivity index (χ1n) is 12.3. The van der Waals surface area contributed by atoms with E-state index in [1.54, 1.807) is 33.5 Å². The highest BCUT2D eigenvalue weighted by Crippen LogP contribution is 2.30. The lowest BCUT2D eigenvalue weighted by Gasteiger charge is -2.26. The van der Waals surface area contributed by atoms with Crippen molar-refractivity contribution in [1.29, 1.82) is 0 Å². The number of thiazole rings is 1. The number of anilines is 1. The van der Waals surface area contributed by atoms with Gasteiger partial charge in [0, 0.05) is 31.7 Å². The van der Waals surface area contributed by atoms with Gasteiger partial charge in [-0.2, -0.15) is 4.31 Å². The molecule has 0 bridgehead atoms. The fraction of sp³-hybridized carbons (Fsp3) is 0.481. The number of sulfonamides is 1. The number of fused-ring (bicyclic) bond motifs is 1. The molecule has 0 saturated heterocycles. The van der Waals surface area contributed by atoms with Crippen LogP contribution in [-0.2, 0) is 10.0 Å². The Labute approximate surface area is 231 Å². The van der Waals surface area contributed by atoms with E-state index in [2.05, 4.69) is 6.07 Å². The largest absolute Gasteiger partial charge is 0.308 e. The zero-order chi connectivity index (χ0) is 26.6. The zero-order valence-electron chi connectivity index (χ0n) is 22.8. The van der Waals surface area contributed by atoms with E-state index in [0.29, 0.717) is 36.9 Å². The van der Waals surface area contributed by atoms with Gasteiger partial charge in [-0.1, -0.05) is 45.1 Å². The van der Waals surface area contributed by atoms with Crippen molar-refractivity contribution in [3.8, 4) is 0 Å². The molecule has 0 unspecified atom stereocenters. The van der Waals surface area contributed by atoms with Gasteiger partial charge in [-0.3, -0.25) is 9.69 Å². The third-order valence-electron chi connectivity index (χ3n) is 5.66. The first kappa shape index (κ1) is 31.2. The molecule has 0 spiro atoms. The van der Waals surface area contributed by atoms with Gasteiger partial charge in [0.05, 0.1) is 15.1 Å². The van der Waals surface area contributed by atoms with E-state index >= 15 is 0 Å². The fourth-order valence-electron chi connectivity index (χ4n) is 3.88. The molecule has 0 N–H and O–H groups in total. The lowest BCUT2D eigenvalue weighted by molar-refractivity contribution is 0.0985. The maximum absolute atomic E-state index is 13.6. The van der Waals surface area contributed by atoms with Crippen molar-refractivity contribution in [3.63, 3.8) is 0 Å². The van der Waals surface area contributed by atoms with Crippen LogP contribution >= 0.6 is 23.7 Å². The number of aromatic nitrogens is 1. The van der Waals surface area contributed by atoms with Crippen molar-refractivity contribution in [3.05, 3.63) is 53.6 Å². The minimum atomic E-state index is -3.66. The summed E-state index contributed by atoms with van der Waals surface area (Å²) in [6.45, 7) is 12.1. The molecule has 0 atom stereocenters. The Morgan fingerprint density at radius 2 is 1.54 bits per heavy atom. The van der Waals surface area contributed by atoms with Crippen LogP contribution in [0.4, 0.5) is 5.13 Å². The van der Waals surface area contributed by atoms with Crippen molar-refractivity contribution in [1.82, 2.24) is 14.2 Å². The summed E-state index contributed by atoms with van der Waals surface area (Å²) in [5, 5.41) is 0.638. The van der Waals surface area contributed by atoms with Crippen LogP contribution in [0.2, 0.25) is 0 Å². The predicted molar refractivity (Wildman–Crippen MR) is 157 cm³/mol. The number of rotatable bonds is 11. The molecule has 1 aromatic heterocycles. The van der Waals surface area contributed by atoms with Crippen molar-refractivity contribution >= 4 is 55.0 Å². The van der Waals surface area contributed by atoms with Crippen molar-refractivity contribution in [2.75, 3.05) is 45.2 Å². The highest BCUT2D eigenvalue weighted by Gasteiger charge is 2.27. The summed E-state index contributed by atoms with van der Waals surface area (Å²) in [5.41, 5.74) is 2.44. The summed E-state index contributed by atoms with van der Waals surface area (Å²) in [7, 11) is 0.267. The fourth-order valence-corrected chi connectivity index (χ4v) is 6.73. The third-order valence-corrected chi connectivity index (χ3v) is 8.54. The minimum Gasteiger partial charge on any atom is -0.308 e. The molecule has 3 aromatic rings. The summed E-state index contributed by atoms with van der Waals surface area (Å²) in [6.07, 6.45) is 0. The minimum absolute atomic E-state index is 0. The Morgan fingerprint density at radius 1 is 0.946 bits per heavy atom. The van der Waals surface area contributed by atoms with Gasteiger partial charge < -0.3 is 4.90 Å². The number of aryl methyl sites for hydroxylation is 1. The molecule has 1 heterocycles. The van der Waals surface area contributed by atoms with E-state index in [0.717, 1.165) is 15.8 Å². The van der Waals surface area contributed by atoms with Gasteiger partial charge >= 0.3 is 0 Å². The van der Waals surface area contributed by atoms with Crippen LogP contribution in [0.15, 0.2) is 47.4 Å². The molecule has 10 heteroatoms. The lowest BCUT2D eigenvalue weighted by Crippen LogP contribution is -2.37. The summed E-state index contributed by atoms with van der Waals surface area (Å²) < 4.78 is 29.3. The Kier molecular flexibility index (Phi) is 11.1. The quantitative estimate of drug-likeness (QED) is 0.305. The maximum Gasteiger partial charge on any atom is 0.260 e. The molecule has 7 nitrogen and oxygen atoms in total. The molecule has 0 aliphatic carbocycles. The standard InChI is InChI=1S/C27H38N4O3S2.ClH/c1-19(2)17-30(18-20(3)4)36(33,34)23-11-9-22(10-12-23)26(32)31(15-14-29(6)7)27-28-24-13-8-21(5)16-25(24)35-27;/h8-13,16,19-20H,14-15,17-18H2,1-7H3;1H. The molecule has 3 rings (SSSR count). The second-order valence-corrected chi connectivity index (χ2v) is 13.3. The van der Waals surface area contributed by atoms with Gasteiger partial charge in [0.25, 0.3) is 5.91 Å².